The number of likely N-dealkylation sites (tertiary alicyclic amines) is 1. The average Bonchev–Trinajstić information content (AvgIpc) is 3.45. The lowest BCUT2D eigenvalue weighted by Crippen LogP contribution is -2.49. The van der Waals surface area contributed by atoms with E-state index in [4.69, 9.17) is 4.74 Å². The molecule has 2 aromatic carbocycles. The molecule has 0 unspecified atom stereocenters. The Hall–Kier alpha value is -3.36. The number of rotatable bonds is 8. The summed E-state index contributed by atoms with van der Waals surface area (Å²) in [6, 6.07) is 16.2. The van der Waals surface area contributed by atoms with Gasteiger partial charge in [-0.2, -0.15) is 0 Å². The van der Waals surface area contributed by atoms with Crippen molar-refractivity contribution < 1.29 is 14.3 Å². The third kappa shape index (κ3) is 5.36. The number of amides is 2. The van der Waals surface area contributed by atoms with Crippen molar-refractivity contribution in [3.8, 4) is 5.75 Å². The van der Waals surface area contributed by atoms with Crippen LogP contribution in [0.1, 0.15) is 30.4 Å². The topological polar surface area (TPSA) is 78.8 Å². The first-order chi connectivity index (χ1) is 17.9. The van der Waals surface area contributed by atoms with Crippen LogP contribution in [0.5, 0.6) is 5.75 Å². The second kappa shape index (κ2) is 10.9. The zero-order valence-electron chi connectivity index (χ0n) is 21.9. The van der Waals surface area contributed by atoms with E-state index < -0.39 is 0 Å². The van der Waals surface area contributed by atoms with E-state index in [0.717, 1.165) is 30.8 Å². The quantitative estimate of drug-likeness (QED) is 0.494. The number of ether oxygens (including phenoxy) is 1. The minimum atomic E-state index is -0.183. The molecule has 2 aliphatic heterocycles. The molecule has 2 aliphatic rings. The van der Waals surface area contributed by atoms with Crippen LogP contribution in [0.25, 0.3) is 10.9 Å². The van der Waals surface area contributed by atoms with Crippen molar-refractivity contribution in [3.05, 3.63) is 65.9 Å². The Bertz CT molecular complexity index is 1250. The molecular formula is C29H37N5O3. The Kier molecular flexibility index (Phi) is 7.48. The fourth-order valence-corrected chi connectivity index (χ4v) is 5.93. The normalized spacial score (nSPS) is 22.5. The van der Waals surface area contributed by atoms with Crippen molar-refractivity contribution >= 4 is 22.7 Å². The van der Waals surface area contributed by atoms with Gasteiger partial charge in [-0.25, -0.2) is 0 Å². The summed E-state index contributed by atoms with van der Waals surface area (Å²) in [5.41, 5.74) is 3.50. The van der Waals surface area contributed by atoms with Crippen LogP contribution < -0.4 is 15.4 Å². The molecule has 0 aliphatic carbocycles. The Labute approximate surface area is 218 Å². The molecule has 3 atom stereocenters. The van der Waals surface area contributed by atoms with Crippen molar-refractivity contribution in [2.45, 2.75) is 50.5 Å². The maximum absolute atomic E-state index is 13.2. The first kappa shape index (κ1) is 25.3. The molecule has 2 fully saturated rings. The van der Waals surface area contributed by atoms with Gasteiger partial charge < -0.3 is 19.9 Å². The summed E-state index contributed by atoms with van der Waals surface area (Å²) in [5, 5.41) is 7.44. The van der Waals surface area contributed by atoms with Gasteiger partial charge in [-0.05, 0) is 49.2 Å². The van der Waals surface area contributed by atoms with Gasteiger partial charge in [-0.1, -0.05) is 30.3 Å². The van der Waals surface area contributed by atoms with Crippen molar-refractivity contribution in [2.24, 2.45) is 7.05 Å². The first-order valence-electron chi connectivity index (χ1n) is 13.1. The van der Waals surface area contributed by atoms with Gasteiger partial charge in [-0.3, -0.25) is 19.4 Å². The number of aryl methyl sites for hydroxylation is 1. The highest BCUT2D eigenvalue weighted by molar-refractivity contribution is 5.85. The van der Waals surface area contributed by atoms with Crippen LogP contribution in [-0.4, -0.2) is 71.6 Å². The van der Waals surface area contributed by atoms with Gasteiger partial charge in [0.05, 0.1) is 7.11 Å². The molecule has 5 rings (SSSR count). The van der Waals surface area contributed by atoms with Gasteiger partial charge in [-0.15, -0.1) is 0 Å². The van der Waals surface area contributed by atoms with Crippen molar-refractivity contribution in [1.82, 2.24) is 25.0 Å². The molecule has 2 saturated heterocycles. The van der Waals surface area contributed by atoms with Crippen LogP contribution in [0, 0.1) is 0 Å². The second-order valence-electron chi connectivity index (χ2n) is 10.3. The predicted octanol–water partition coefficient (Wildman–Crippen LogP) is 2.66. The van der Waals surface area contributed by atoms with Crippen LogP contribution >= 0.6 is 0 Å². The Morgan fingerprint density at radius 1 is 1.14 bits per heavy atom. The van der Waals surface area contributed by atoms with E-state index in [1.54, 1.807) is 7.11 Å². The molecule has 0 bridgehead atoms. The van der Waals surface area contributed by atoms with Crippen molar-refractivity contribution in [3.63, 3.8) is 0 Å². The molecule has 3 heterocycles. The van der Waals surface area contributed by atoms with Crippen LogP contribution in [0.2, 0.25) is 0 Å². The molecule has 37 heavy (non-hydrogen) atoms. The standard InChI is InChI=1S/C29H37N5O3/c1-32-18-21(24-6-4-5-7-25(24)32)19-34-15-14-26-28(34)29(36)31-17-22(33(26)2)10-13-27(35)30-16-20-8-11-23(37-3)12-9-20/h4-9,11-12,18,22,26,28H,10,13-17,19H2,1-3H3,(H,30,35)(H,31,36)/t22-,26+,28-/m0/s1. The molecular weight excluding hydrogens is 466 g/mol. The summed E-state index contributed by atoms with van der Waals surface area (Å²) in [7, 11) is 5.82. The van der Waals surface area contributed by atoms with E-state index in [9.17, 15) is 9.59 Å². The Balaban J connectivity index is 1.18. The SMILES string of the molecule is COc1ccc(CNC(=O)CC[C@H]2CNC(=O)[C@@H]3[C@@H](CCN3Cc3cn(C)c4ccccc34)N2C)cc1. The summed E-state index contributed by atoms with van der Waals surface area (Å²) >= 11 is 0. The van der Waals surface area contributed by atoms with E-state index in [1.165, 1.54) is 16.5 Å². The zero-order valence-corrected chi connectivity index (χ0v) is 21.9. The highest BCUT2D eigenvalue weighted by atomic mass is 16.5. The van der Waals surface area contributed by atoms with Gasteiger partial charge in [0.1, 0.15) is 11.8 Å². The molecule has 1 aromatic heterocycles. The number of hydrogen-bond donors (Lipinski definition) is 2. The van der Waals surface area contributed by atoms with E-state index in [0.29, 0.717) is 25.9 Å². The molecule has 196 valence electrons. The molecule has 0 spiro atoms. The third-order valence-corrected chi connectivity index (χ3v) is 8.06. The molecule has 8 nitrogen and oxygen atoms in total. The number of nitrogens with one attached hydrogen (secondary N) is 2. The summed E-state index contributed by atoms with van der Waals surface area (Å²) in [6.07, 6.45) is 4.26. The van der Waals surface area contributed by atoms with Crippen LogP contribution in [0.15, 0.2) is 54.7 Å². The molecule has 0 radical (unpaired) electrons. The fourth-order valence-electron chi connectivity index (χ4n) is 5.93. The lowest BCUT2D eigenvalue weighted by Gasteiger charge is -2.33. The van der Waals surface area contributed by atoms with Crippen molar-refractivity contribution in [1.29, 1.82) is 0 Å². The molecule has 2 N–H and O–H groups in total. The summed E-state index contributed by atoms with van der Waals surface area (Å²) < 4.78 is 7.35. The number of methoxy groups -OCH3 is 1. The minimum absolute atomic E-state index is 0.0281. The van der Waals surface area contributed by atoms with Gasteiger partial charge in [0, 0.05) is 68.8 Å². The number of hydrogen-bond acceptors (Lipinski definition) is 5. The Morgan fingerprint density at radius 3 is 2.70 bits per heavy atom. The first-order valence-corrected chi connectivity index (χ1v) is 13.1. The monoisotopic (exact) mass is 503 g/mol. The van der Waals surface area contributed by atoms with E-state index >= 15 is 0 Å². The predicted molar refractivity (Wildman–Crippen MR) is 144 cm³/mol. The second-order valence-corrected chi connectivity index (χ2v) is 10.3. The van der Waals surface area contributed by atoms with Crippen LogP contribution in [0.4, 0.5) is 0 Å². The third-order valence-electron chi connectivity index (χ3n) is 8.06. The number of likely N-dealkylation sites (N-methyl/N-ethyl adjacent to an activating group) is 1. The number of carbonyl (C=O) groups excluding carboxylic acids is 2. The summed E-state index contributed by atoms with van der Waals surface area (Å²) in [6.45, 7) is 2.69. The minimum Gasteiger partial charge on any atom is -0.497 e. The van der Waals surface area contributed by atoms with Crippen molar-refractivity contribution in [2.75, 3.05) is 27.2 Å². The highest BCUT2D eigenvalue weighted by Gasteiger charge is 2.45. The lowest BCUT2D eigenvalue weighted by atomic mass is 10.0. The van der Waals surface area contributed by atoms with Gasteiger partial charge >= 0.3 is 0 Å². The molecule has 0 saturated carbocycles. The van der Waals surface area contributed by atoms with Gasteiger partial charge in [0.2, 0.25) is 11.8 Å². The van der Waals surface area contributed by atoms with E-state index in [2.05, 4.69) is 69.6 Å². The zero-order chi connectivity index (χ0) is 25.9. The smallest absolute Gasteiger partial charge is 0.239 e. The van der Waals surface area contributed by atoms with E-state index in [1.807, 2.05) is 24.3 Å². The molecule has 8 heteroatoms. The lowest BCUT2D eigenvalue weighted by molar-refractivity contribution is -0.126. The molecule has 2 amide bonds. The largest absolute Gasteiger partial charge is 0.497 e. The van der Waals surface area contributed by atoms with E-state index in [-0.39, 0.29) is 29.9 Å². The number of aromatic nitrogens is 1. The van der Waals surface area contributed by atoms with Gasteiger partial charge in [0.15, 0.2) is 0 Å². The summed E-state index contributed by atoms with van der Waals surface area (Å²) in [5.74, 6) is 0.927. The number of nitrogens with zero attached hydrogens (tertiary/aromatic N) is 3. The number of benzene rings is 2. The number of para-hydroxylation sites is 1. The fraction of sp³-hybridized carbons (Fsp3) is 0.448. The average molecular weight is 504 g/mol. The number of fused-ring (bicyclic) bond motifs is 2. The maximum Gasteiger partial charge on any atom is 0.239 e. The number of carbonyl (C=O) groups is 2. The Morgan fingerprint density at radius 2 is 1.92 bits per heavy atom. The highest BCUT2D eigenvalue weighted by Crippen LogP contribution is 2.30. The maximum atomic E-state index is 13.2. The summed E-state index contributed by atoms with van der Waals surface area (Å²) in [4.78, 5) is 30.5. The van der Waals surface area contributed by atoms with Crippen LogP contribution in [0.3, 0.4) is 0 Å². The van der Waals surface area contributed by atoms with Gasteiger partial charge in [0.25, 0.3) is 0 Å². The van der Waals surface area contributed by atoms with Crippen LogP contribution in [-0.2, 0) is 29.7 Å². The molecule has 3 aromatic rings.